The highest BCUT2D eigenvalue weighted by molar-refractivity contribution is 5.67. The standard InChI is InChI=1S/C11H13FN2/c1-3-14-8-11(13-2)9-4-6-10(12)7-5-9/h4-8,14H,2-3H2,1H3/b11-8-. The van der Waals surface area contributed by atoms with Gasteiger partial charge in [-0.05, 0) is 37.9 Å². The Morgan fingerprint density at radius 2 is 2.14 bits per heavy atom. The lowest BCUT2D eigenvalue weighted by Gasteiger charge is -2.02. The number of benzene rings is 1. The Morgan fingerprint density at radius 3 is 2.64 bits per heavy atom. The van der Waals surface area contributed by atoms with Gasteiger partial charge in [-0.1, -0.05) is 0 Å². The van der Waals surface area contributed by atoms with Gasteiger partial charge in [0.2, 0.25) is 0 Å². The number of nitrogens with one attached hydrogen (secondary N) is 1. The molecule has 0 aromatic heterocycles. The van der Waals surface area contributed by atoms with Crippen molar-refractivity contribution >= 4 is 12.4 Å². The Bertz CT molecular complexity index is 328. The topological polar surface area (TPSA) is 24.4 Å². The molecule has 0 unspecified atom stereocenters. The van der Waals surface area contributed by atoms with Crippen LogP contribution in [0.1, 0.15) is 12.5 Å². The predicted molar refractivity (Wildman–Crippen MR) is 57.6 cm³/mol. The molecule has 0 amide bonds. The summed E-state index contributed by atoms with van der Waals surface area (Å²) in [5, 5.41) is 3.02. The number of hydrogen-bond acceptors (Lipinski definition) is 2. The molecule has 0 aliphatic carbocycles. The quantitative estimate of drug-likeness (QED) is 0.728. The Morgan fingerprint density at radius 1 is 1.50 bits per heavy atom. The van der Waals surface area contributed by atoms with Crippen molar-refractivity contribution in [2.24, 2.45) is 4.99 Å². The monoisotopic (exact) mass is 192 g/mol. The molecule has 1 rings (SSSR count). The third-order valence-corrected chi connectivity index (χ3v) is 1.75. The molecule has 0 saturated carbocycles. The van der Waals surface area contributed by atoms with Crippen LogP contribution in [0, 0.1) is 5.82 Å². The van der Waals surface area contributed by atoms with Gasteiger partial charge in [0.15, 0.2) is 0 Å². The third-order valence-electron chi connectivity index (χ3n) is 1.75. The van der Waals surface area contributed by atoms with Crippen LogP contribution in [-0.4, -0.2) is 13.3 Å². The molecule has 0 radical (unpaired) electrons. The zero-order valence-corrected chi connectivity index (χ0v) is 8.13. The van der Waals surface area contributed by atoms with Crippen LogP contribution in [0.25, 0.3) is 5.70 Å². The summed E-state index contributed by atoms with van der Waals surface area (Å²) in [7, 11) is 0. The van der Waals surface area contributed by atoms with Crippen molar-refractivity contribution in [1.29, 1.82) is 0 Å². The van der Waals surface area contributed by atoms with Gasteiger partial charge in [-0.2, -0.15) is 0 Å². The summed E-state index contributed by atoms with van der Waals surface area (Å²) in [6.45, 7) is 6.27. The van der Waals surface area contributed by atoms with E-state index < -0.39 is 0 Å². The fourth-order valence-corrected chi connectivity index (χ4v) is 1.04. The van der Waals surface area contributed by atoms with Gasteiger partial charge in [0.05, 0.1) is 5.70 Å². The van der Waals surface area contributed by atoms with Crippen molar-refractivity contribution in [3.05, 3.63) is 41.8 Å². The largest absolute Gasteiger partial charge is 0.389 e. The van der Waals surface area contributed by atoms with Crippen LogP contribution in [0.5, 0.6) is 0 Å². The molecule has 0 aliphatic rings. The van der Waals surface area contributed by atoms with E-state index in [-0.39, 0.29) is 5.82 Å². The zero-order valence-electron chi connectivity index (χ0n) is 8.13. The summed E-state index contributed by atoms with van der Waals surface area (Å²) in [5.41, 5.74) is 1.56. The minimum absolute atomic E-state index is 0.249. The van der Waals surface area contributed by atoms with E-state index in [2.05, 4.69) is 17.0 Å². The molecule has 0 heterocycles. The minimum atomic E-state index is -0.249. The average Bonchev–Trinajstić information content (AvgIpc) is 2.21. The highest BCUT2D eigenvalue weighted by Gasteiger charge is 1.98. The van der Waals surface area contributed by atoms with E-state index in [0.717, 1.165) is 12.1 Å². The molecule has 0 spiro atoms. The van der Waals surface area contributed by atoms with Crippen LogP contribution >= 0.6 is 0 Å². The maximum absolute atomic E-state index is 12.6. The van der Waals surface area contributed by atoms with Gasteiger partial charge in [0, 0.05) is 18.3 Å². The van der Waals surface area contributed by atoms with Gasteiger partial charge in [-0.25, -0.2) is 4.39 Å². The van der Waals surface area contributed by atoms with Crippen molar-refractivity contribution in [2.75, 3.05) is 6.54 Å². The predicted octanol–water partition coefficient (Wildman–Crippen LogP) is 2.43. The lowest BCUT2D eigenvalue weighted by atomic mass is 10.2. The SMILES string of the molecule is C=N/C(=C\NCC)c1ccc(F)cc1. The molecule has 1 aromatic carbocycles. The average molecular weight is 192 g/mol. The van der Waals surface area contributed by atoms with E-state index >= 15 is 0 Å². The Hall–Kier alpha value is -1.64. The first-order chi connectivity index (χ1) is 6.77. The molecule has 1 aromatic rings. The summed E-state index contributed by atoms with van der Waals surface area (Å²) in [6, 6.07) is 6.15. The van der Waals surface area contributed by atoms with Gasteiger partial charge >= 0.3 is 0 Å². The van der Waals surface area contributed by atoms with Crippen LogP contribution in [-0.2, 0) is 0 Å². The van der Waals surface area contributed by atoms with Crippen molar-refractivity contribution in [1.82, 2.24) is 5.32 Å². The fraction of sp³-hybridized carbons (Fsp3) is 0.182. The zero-order chi connectivity index (χ0) is 10.4. The Balaban J connectivity index is 2.89. The summed E-state index contributed by atoms with van der Waals surface area (Å²) in [6.07, 6.45) is 1.76. The molecule has 1 N–H and O–H groups in total. The number of halogens is 1. The van der Waals surface area contributed by atoms with E-state index in [1.54, 1.807) is 18.3 Å². The molecule has 0 saturated heterocycles. The molecule has 0 atom stereocenters. The van der Waals surface area contributed by atoms with Crippen LogP contribution in [0.2, 0.25) is 0 Å². The van der Waals surface area contributed by atoms with Crippen molar-refractivity contribution < 1.29 is 4.39 Å². The molecule has 2 nitrogen and oxygen atoms in total. The van der Waals surface area contributed by atoms with Crippen LogP contribution in [0.15, 0.2) is 35.5 Å². The lowest BCUT2D eigenvalue weighted by molar-refractivity contribution is 0.627. The smallest absolute Gasteiger partial charge is 0.123 e. The first kappa shape index (κ1) is 10.4. The first-order valence-electron chi connectivity index (χ1n) is 4.44. The molecule has 3 heteroatoms. The van der Waals surface area contributed by atoms with E-state index in [0.29, 0.717) is 5.70 Å². The number of rotatable bonds is 4. The van der Waals surface area contributed by atoms with Crippen LogP contribution in [0.4, 0.5) is 4.39 Å². The fourth-order valence-electron chi connectivity index (χ4n) is 1.04. The lowest BCUT2D eigenvalue weighted by Crippen LogP contribution is -2.03. The summed E-state index contributed by atoms with van der Waals surface area (Å²) in [5.74, 6) is -0.249. The summed E-state index contributed by atoms with van der Waals surface area (Å²) < 4.78 is 12.6. The minimum Gasteiger partial charge on any atom is -0.389 e. The normalized spacial score (nSPS) is 11.1. The van der Waals surface area contributed by atoms with Gasteiger partial charge < -0.3 is 5.32 Å². The summed E-state index contributed by atoms with van der Waals surface area (Å²) in [4.78, 5) is 3.85. The molecular weight excluding hydrogens is 179 g/mol. The number of hydrogen-bond donors (Lipinski definition) is 1. The van der Waals surface area contributed by atoms with Gasteiger partial charge in [0.25, 0.3) is 0 Å². The second-order valence-corrected chi connectivity index (χ2v) is 2.75. The molecular formula is C11H13FN2. The highest BCUT2D eigenvalue weighted by atomic mass is 19.1. The first-order valence-corrected chi connectivity index (χ1v) is 4.44. The van der Waals surface area contributed by atoms with Crippen molar-refractivity contribution in [3.8, 4) is 0 Å². The Labute approximate surface area is 83.2 Å². The van der Waals surface area contributed by atoms with E-state index in [1.807, 2.05) is 6.92 Å². The Kier molecular flexibility index (Phi) is 3.85. The van der Waals surface area contributed by atoms with E-state index in [4.69, 9.17) is 0 Å². The number of nitrogens with zero attached hydrogens (tertiary/aromatic N) is 1. The highest BCUT2D eigenvalue weighted by Crippen LogP contribution is 2.14. The van der Waals surface area contributed by atoms with Crippen LogP contribution in [0.3, 0.4) is 0 Å². The molecule has 0 fully saturated rings. The van der Waals surface area contributed by atoms with Gasteiger partial charge in [-0.15, -0.1) is 0 Å². The van der Waals surface area contributed by atoms with E-state index in [9.17, 15) is 4.39 Å². The van der Waals surface area contributed by atoms with Crippen LogP contribution < -0.4 is 5.32 Å². The maximum atomic E-state index is 12.6. The van der Waals surface area contributed by atoms with Gasteiger partial charge in [-0.3, -0.25) is 4.99 Å². The number of aliphatic imine (C=N–C) groups is 1. The molecule has 0 aliphatic heterocycles. The summed E-state index contributed by atoms with van der Waals surface area (Å²) >= 11 is 0. The van der Waals surface area contributed by atoms with E-state index in [1.165, 1.54) is 12.1 Å². The van der Waals surface area contributed by atoms with Crippen molar-refractivity contribution in [3.63, 3.8) is 0 Å². The molecule has 0 bridgehead atoms. The molecule has 14 heavy (non-hydrogen) atoms. The van der Waals surface area contributed by atoms with Gasteiger partial charge in [0.1, 0.15) is 5.82 Å². The maximum Gasteiger partial charge on any atom is 0.123 e. The second-order valence-electron chi connectivity index (χ2n) is 2.75. The molecule has 74 valence electrons. The van der Waals surface area contributed by atoms with Crippen molar-refractivity contribution in [2.45, 2.75) is 6.92 Å². The second kappa shape index (κ2) is 5.17. The third kappa shape index (κ3) is 2.69.